The standard InChI is InChI=1S/C20H31N3O2/c1-3-15(2)20(25)23-18-6-4-5-17(13-18)14-22-19(24)8-7-16-9-11-21-12-10-16/h4-6,13,15-16,21H,3,7-12,14H2,1-2H3,(H,22,24)(H,23,25). The number of hydrogen-bond donors (Lipinski definition) is 3. The van der Waals surface area contributed by atoms with Gasteiger partial charge in [0.2, 0.25) is 11.8 Å². The lowest BCUT2D eigenvalue weighted by molar-refractivity contribution is -0.121. The number of nitrogens with one attached hydrogen (secondary N) is 3. The number of piperidine rings is 1. The van der Waals surface area contributed by atoms with Crippen molar-refractivity contribution in [3.05, 3.63) is 29.8 Å². The Hall–Kier alpha value is -1.88. The van der Waals surface area contributed by atoms with E-state index in [9.17, 15) is 9.59 Å². The zero-order valence-corrected chi connectivity index (χ0v) is 15.4. The number of anilines is 1. The van der Waals surface area contributed by atoms with Crippen molar-refractivity contribution >= 4 is 17.5 Å². The summed E-state index contributed by atoms with van der Waals surface area (Å²) in [4.78, 5) is 24.0. The minimum atomic E-state index is -0.00153. The van der Waals surface area contributed by atoms with E-state index < -0.39 is 0 Å². The second kappa shape index (κ2) is 10.2. The van der Waals surface area contributed by atoms with Crippen molar-refractivity contribution in [3.63, 3.8) is 0 Å². The first-order valence-corrected chi connectivity index (χ1v) is 9.45. The average molecular weight is 345 g/mol. The molecule has 0 radical (unpaired) electrons. The van der Waals surface area contributed by atoms with Gasteiger partial charge in [-0.15, -0.1) is 0 Å². The van der Waals surface area contributed by atoms with Crippen LogP contribution in [0.3, 0.4) is 0 Å². The van der Waals surface area contributed by atoms with Gasteiger partial charge in [-0.05, 0) is 62.4 Å². The monoisotopic (exact) mass is 345 g/mol. The Bertz CT molecular complexity index is 568. The van der Waals surface area contributed by atoms with Gasteiger partial charge in [-0.1, -0.05) is 26.0 Å². The van der Waals surface area contributed by atoms with Gasteiger partial charge < -0.3 is 16.0 Å². The Morgan fingerprint density at radius 2 is 2.04 bits per heavy atom. The molecule has 0 saturated carbocycles. The fourth-order valence-electron chi connectivity index (χ4n) is 3.00. The molecule has 0 spiro atoms. The molecule has 1 atom stereocenters. The lowest BCUT2D eigenvalue weighted by Gasteiger charge is -2.22. The smallest absolute Gasteiger partial charge is 0.227 e. The maximum Gasteiger partial charge on any atom is 0.227 e. The summed E-state index contributed by atoms with van der Waals surface area (Å²) in [5.74, 6) is 0.808. The minimum absolute atomic E-state index is 0.00153. The summed E-state index contributed by atoms with van der Waals surface area (Å²) in [6, 6.07) is 7.67. The van der Waals surface area contributed by atoms with Gasteiger partial charge >= 0.3 is 0 Å². The van der Waals surface area contributed by atoms with E-state index in [2.05, 4.69) is 16.0 Å². The summed E-state index contributed by atoms with van der Waals surface area (Å²) >= 11 is 0. The third kappa shape index (κ3) is 6.86. The van der Waals surface area contributed by atoms with Crippen LogP contribution in [-0.2, 0) is 16.1 Å². The Morgan fingerprint density at radius 3 is 2.76 bits per heavy atom. The molecule has 1 aliphatic heterocycles. The number of amides is 2. The summed E-state index contributed by atoms with van der Waals surface area (Å²) < 4.78 is 0. The van der Waals surface area contributed by atoms with Crippen LogP contribution >= 0.6 is 0 Å². The molecule has 5 nitrogen and oxygen atoms in total. The molecule has 2 amide bonds. The van der Waals surface area contributed by atoms with E-state index in [1.165, 1.54) is 12.8 Å². The highest BCUT2D eigenvalue weighted by atomic mass is 16.2. The molecule has 1 unspecified atom stereocenters. The third-order valence-electron chi connectivity index (χ3n) is 4.98. The second-order valence-electron chi connectivity index (χ2n) is 7.01. The van der Waals surface area contributed by atoms with Crippen molar-refractivity contribution in [2.75, 3.05) is 18.4 Å². The zero-order chi connectivity index (χ0) is 18.1. The lowest BCUT2D eigenvalue weighted by Crippen LogP contribution is -2.29. The topological polar surface area (TPSA) is 70.2 Å². The molecule has 5 heteroatoms. The van der Waals surface area contributed by atoms with E-state index in [1.807, 2.05) is 38.1 Å². The van der Waals surface area contributed by atoms with Crippen molar-refractivity contribution in [2.24, 2.45) is 11.8 Å². The molecule has 1 aromatic rings. The molecular formula is C20H31N3O2. The van der Waals surface area contributed by atoms with Crippen molar-refractivity contribution in [1.82, 2.24) is 10.6 Å². The van der Waals surface area contributed by atoms with E-state index >= 15 is 0 Å². The first-order valence-electron chi connectivity index (χ1n) is 9.45. The highest BCUT2D eigenvalue weighted by Gasteiger charge is 2.14. The van der Waals surface area contributed by atoms with Gasteiger partial charge in [0.25, 0.3) is 0 Å². The van der Waals surface area contributed by atoms with Gasteiger partial charge in [0.15, 0.2) is 0 Å². The molecular weight excluding hydrogens is 314 g/mol. The lowest BCUT2D eigenvalue weighted by atomic mass is 9.93. The highest BCUT2D eigenvalue weighted by Crippen LogP contribution is 2.17. The normalized spacial score (nSPS) is 16.2. The molecule has 1 fully saturated rings. The molecule has 1 aliphatic rings. The molecule has 1 saturated heterocycles. The molecule has 1 heterocycles. The fourth-order valence-corrected chi connectivity index (χ4v) is 3.00. The Labute approximate surface area is 151 Å². The van der Waals surface area contributed by atoms with Crippen LogP contribution in [0.2, 0.25) is 0 Å². The molecule has 138 valence electrons. The van der Waals surface area contributed by atoms with Crippen LogP contribution in [-0.4, -0.2) is 24.9 Å². The largest absolute Gasteiger partial charge is 0.352 e. The van der Waals surface area contributed by atoms with Crippen molar-refractivity contribution in [1.29, 1.82) is 0 Å². The average Bonchev–Trinajstić information content (AvgIpc) is 2.65. The SMILES string of the molecule is CCC(C)C(=O)Nc1cccc(CNC(=O)CCC2CCNCC2)c1. The summed E-state index contributed by atoms with van der Waals surface area (Å²) in [5.41, 5.74) is 1.78. The number of rotatable bonds is 8. The van der Waals surface area contributed by atoms with Gasteiger partial charge in [-0.2, -0.15) is 0 Å². The predicted octanol–water partition coefficient (Wildman–Crippen LogP) is 3.07. The van der Waals surface area contributed by atoms with Gasteiger partial charge in [0.1, 0.15) is 0 Å². The Balaban J connectivity index is 1.75. The summed E-state index contributed by atoms with van der Waals surface area (Å²) in [7, 11) is 0. The Kier molecular flexibility index (Phi) is 7.92. The minimum Gasteiger partial charge on any atom is -0.352 e. The van der Waals surface area contributed by atoms with Crippen molar-refractivity contribution < 1.29 is 9.59 Å². The summed E-state index contributed by atoms with van der Waals surface area (Å²) in [6.07, 6.45) is 4.72. The molecule has 0 bridgehead atoms. The maximum atomic E-state index is 12.1. The van der Waals surface area contributed by atoms with Crippen LogP contribution in [0, 0.1) is 11.8 Å². The van der Waals surface area contributed by atoms with Crippen LogP contribution < -0.4 is 16.0 Å². The highest BCUT2D eigenvalue weighted by molar-refractivity contribution is 5.92. The molecule has 25 heavy (non-hydrogen) atoms. The quantitative estimate of drug-likeness (QED) is 0.678. The second-order valence-corrected chi connectivity index (χ2v) is 7.01. The molecule has 1 aromatic carbocycles. The van der Waals surface area contributed by atoms with E-state index in [0.717, 1.165) is 37.2 Å². The summed E-state index contributed by atoms with van der Waals surface area (Å²) in [6.45, 7) is 6.56. The first kappa shape index (κ1) is 19.4. The van der Waals surface area contributed by atoms with Crippen LogP contribution in [0.4, 0.5) is 5.69 Å². The fraction of sp³-hybridized carbons (Fsp3) is 0.600. The summed E-state index contributed by atoms with van der Waals surface area (Å²) in [5, 5.41) is 9.26. The van der Waals surface area contributed by atoms with Gasteiger partial charge in [-0.25, -0.2) is 0 Å². The van der Waals surface area contributed by atoms with Gasteiger partial charge in [0.05, 0.1) is 0 Å². The van der Waals surface area contributed by atoms with Crippen molar-refractivity contribution in [3.8, 4) is 0 Å². The maximum absolute atomic E-state index is 12.1. The van der Waals surface area contributed by atoms with E-state index in [-0.39, 0.29) is 17.7 Å². The first-order chi connectivity index (χ1) is 12.1. The molecule has 2 rings (SSSR count). The Morgan fingerprint density at radius 1 is 1.28 bits per heavy atom. The molecule has 3 N–H and O–H groups in total. The van der Waals surface area contributed by atoms with Crippen molar-refractivity contribution in [2.45, 2.75) is 52.5 Å². The predicted molar refractivity (Wildman–Crippen MR) is 101 cm³/mol. The van der Waals surface area contributed by atoms with E-state index in [1.54, 1.807) is 0 Å². The van der Waals surface area contributed by atoms with Gasteiger partial charge in [-0.3, -0.25) is 9.59 Å². The van der Waals surface area contributed by atoms with Crippen LogP contribution in [0.15, 0.2) is 24.3 Å². The molecule has 0 aliphatic carbocycles. The number of benzene rings is 1. The molecule has 0 aromatic heterocycles. The van der Waals surface area contributed by atoms with Crippen LogP contribution in [0.1, 0.15) is 51.5 Å². The van der Waals surface area contributed by atoms with Crippen LogP contribution in [0.25, 0.3) is 0 Å². The van der Waals surface area contributed by atoms with E-state index in [4.69, 9.17) is 0 Å². The van der Waals surface area contributed by atoms with Gasteiger partial charge in [0, 0.05) is 24.6 Å². The van der Waals surface area contributed by atoms with Crippen LogP contribution in [0.5, 0.6) is 0 Å². The van der Waals surface area contributed by atoms with E-state index in [0.29, 0.717) is 18.9 Å². The third-order valence-corrected chi connectivity index (χ3v) is 4.98. The zero-order valence-electron chi connectivity index (χ0n) is 15.4. The number of carbonyl (C=O) groups excluding carboxylic acids is 2. The number of carbonyl (C=O) groups is 2. The number of hydrogen-bond acceptors (Lipinski definition) is 3.